The molecule has 0 aromatic carbocycles. The first kappa shape index (κ1) is 12.5. The molecule has 5 heteroatoms. The summed E-state index contributed by atoms with van der Waals surface area (Å²) in [6.07, 6.45) is 3.13. The molecule has 0 saturated heterocycles. The summed E-state index contributed by atoms with van der Waals surface area (Å²) in [6, 6.07) is 3.36. The molecule has 0 saturated carbocycles. The third-order valence-electron chi connectivity index (χ3n) is 1.86. The number of amides is 1. The topological polar surface area (TPSA) is 42.4 Å². The van der Waals surface area contributed by atoms with Crippen LogP contribution in [0.5, 0.6) is 5.88 Å². The lowest BCUT2D eigenvalue weighted by Crippen LogP contribution is -2.18. The molecule has 16 heavy (non-hydrogen) atoms. The quantitative estimate of drug-likeness (QED) is 0.598. The van der Waals surface area contributed by atoms with Gasteiger partial charge in [0.05, 0.1) is 7.11 Å². The van der Waals surface area contributed by atoms with Gasteiger partial charge in [-0.15, -0.1) is 0 Å². The fourth-order valence-electron chi connectivity index (χ4n) is 1.01. The SMILES string of the molecule is COc1cc(/C=C/C(=O)N(C)C)cc(Cl)n1. The second kappa shape index (κ2) is 5.51. The summed E-state index contributed by atoms with van der Waals surface area (Å²) in [6.45, 7) is 0. The Labute approximate surface area is 99.5 Å². The molecule has 0 aliphatic heterocycles. The molecule has 1 heterocycles. The second-order valence-corrected chi connectivity index (χ2v) is 3.72. The average Bonchev–Trinajstić information content (AvgIpc) is 2.24. The zero-order chi connectivity index (χ0) is 12.1. The van der Waals surface area contributed by atoms with Crippen molar-refractivity contribution in [3.05, 3.63) is 28.9 Å². The molecule has 0 fully saturated rings. The molecule has 0 spiro atoms. The summed E-state index contributed by atoms with van der Waals surface area (Å²) in [5.74, 6) is 0.330. The van der Waals surface area contributed by atoms with Gasteiger partial charge in [0.1, 0.15) is 5.15 Å². The number of aromatic nitrogens is 1. The number of methoxy groups -OCH3 is 1. The van der Waals surface area contributed by atoms with E-state index in [-0.39, 0.29) is 5.91 Å². The Morgan fingerprint density at radius 2 is 2.19 bits per heavy atom. The highest BCUT2D eigenvalue weighted by Gasteiger charge is 2.00. The highest BCUT2D eigenvalue weighted by atomic mass is 35.5. The fourth-order valence-corrected chi connectivity index (χ4v) is 1.22. The molecule has 1 rings (SSSR count). The number of rotatable bonds is 3. The van der Waals surface area contributed by atoms with Crippen molar-refractivity contribution in [2.75, 3.05) is 21.2 Å². The van der Waals surface area contributed by atoms with Gasteiger partial charge in [-0.3, -0.25) is 4.79 Å². The molecule has 0 N–H and O–H groups in total. The minimum atomic E-state index is -0.0908. The molecular formula is C11H13ClN2O2. The van der Waals surface area contributed by atoms with E-state index in [1.807, 2.05) is 0 Å². The highest BCUT2D eigenvalue weighted by molar-refractivity contribution is 6.29. The van der Waals surface area contributed by atoms with Crippen molar-refractivity contribution < 1.29 is 9.53 Å². The summed E-state index contributed by atoms with van der Waals surface area (Å²) in [4.78, 5) is 16.7. The minimum Gasteiger partial charge on any atom is -0.481 e. The number of ether oxygens (including phenoxy) is 1. The van der Waals surface area contributed by atoms with Crippen LogP contribution in [0.4, 0.5) is 0 Å². The third-order valence-corrected chi connectivity index (χ3v) is 2.05. The number of carbonyl (C=O) groups is 1. The van der Waals surface area contributed by atoms with Crippen LogP contribution in [0.3, 0.4) is 0 Å². The van der Waals surface area contributed by atoms with Crippen LogP contribution in [0.2, 0.25) is 5.15 Å². The summed E-state index contributed by atoms with van der Waals surface area (Å²) < 4.78 is 4.97. The van der Waals surface area contributed by atoms with Crippen molar-refractivity contribution in [1.82, 2.24) is 9.88 Å². The van der Waals surface area contributed by atoms with E-state index in [0.717, 1.165) is 5.56 Å². The number of hydrogen-bond donors (Lipinski definition) is 0. The summed E-state index contributed by atoms with van der Waals surface area (Å²) in [7, 11) is 4.89. The summed E-state index contributed by atoms with van der Waals surface area (Å²) >= 11 is 5.79. The van der Waals surface area contributed by atoms with E-state index in [4.69, 9.17) is 16.3 Å². The first-order chi connectivity index (χ1) is 7.52. The van der Waals surface area contributed by atoms with Gasteiger partial charge in [0.25, 0.3) is 0 Å². The predicted octanol–water partition coefficient (Wildman–Crippen LogP) is 1.84. The van der Waals surface area contributed by atoms with E-state index in [0.29, 0.717) is 11.0 Å². The van der Waals surface area contributed by atoms with Gasteiger partial charge in [0.15, 0.2) is 0 Å². The predicted molar refractivity (Wildman–Crippen MR) is 63.5 cm³/mol. The lowest BCUT2D eigenvalue weighted by molar-refractivity contribution is -0.123. The number of nitrogens with zero attached hydrogens (tertiary/aromatic N) is 2. The summed E-state index contributed by atoms with van der Waals surface area (Å²) in [5.41, 5.74) is 0.770. The van der Waals surface area contributed by atoms with Crippen molar-refractivity contribution in [1.29, 1.82) is 0 Å². The lowest BCUT2D eigenvalue weighted by Gasteiger charge is -2.05. The van der Waals surface area contributed by atoms with E-state index in [1.54, 1.807) is 32.3 Å². The maximum Gasteiger partial charge on any atom is 0.246 e. The molecular weight excluding hydrogens is 228 g/mol. The fraction of sp³-hybridized carbons (Fsp3) is 0.273. The van der Waals surface area contributed by atoms with Crippen LogP contribution in [-0.4, -0.2) is 37.0 Å². The monoisotopic (exact) mass is 240 g/mol. The van der Waals surface area contributed by atoms with Gasteiger partial charge >= 0.3 is 0 Å². The van der Waals surface area contributed by atoms with Crippen LogP contribution < -0.4 is 4.74 Å². The first-order valence-corrected chi connectivity index (χ1v) is 5.01. The van der Waals surface area contributed by atoms with Crippen molar-refractivity contribution in [2.45, 2.75) is 0 Å². The summed E-state index contributed by atoms with van der Waals surface area (Å²) in [5, 5.41) is 0.330. The van der Waals surface area contributed by atoms with Gasteiger partial charge in [-0.05, 0) is 17.7 Å². The number of halogens is 1. The number of pyridine rings is 1. The van der Waals surface area contributed by atoms with E-state index in [9.17, 15) is 4.79 Å². The largest absolute Gasteiger partial charge is 0.481 e. The van der Waals surface area contributed by atoms with Crippen molar-refractivity contribution >= 4 is 23.6 Å². The maximum absolute atomic E-state index is 11.3. The van der Waals surface area contributed by atoms with Gasteiger partial charge in [-0.1, -0.05) is 11.6 Å². The Kier molecular flexibility index (Phi) is 4.31. The maximum atomic E-state index is 11.3. The normalized spacial score (nSPS) is 10.5. The lowest BCUT2D eigenvalue weighted by atomic mass is 10.2. The standard InChI is InChI=1S/C11H13ClN2O2/c1-14(2)11(15)5-4-8-6-9(12)13-10(7-8)16-3/h4-7H,1-3H3/b5-4+. The van der Waals surface area contributed by atoms with Gasteiger partial charge in [-0.25, -0.2) is 4.98 Å². The Morgan fingerprint density at radius 1 is 1.50 bits per heavy atom. The van der Waals surface area contributed by atoms with Gasteiger partial charge in [0, 0.05) is 26.2 Å². The molecule has 0 aliphatic carbocycles. The molecule has 1 aromatic heterocycles. The molecule has 0 bridgehead atoms. The Morgan fingerprint density at radius 3 is 2.75 bits per heavy atom. The molecule has 0 radical (unpaired) electrons. The van der Waals surface area contributed by atoms with Gasteiger partial charge in [0.2, 0.25) is 11.8 Å². The van der Waals surface area contributed by atoms with E-state index in [2.05, 4.69) is 4.98 Å². The zero-order valence-corrected chi connectivity index (χ0v) is 10.2. The van der Waals surface area contributed by atoms with Crippen LogP contribution in [0.1, 0.15) is 5.56 Å². The molecule has 1 aromatic rings. The smallest absolute Gasteiger partial charge is 0.246 e. The van der Waals surface area contributed by atoms with Crippen LogP contribution in [0, 0.1) is 0 Å². The average molecular weight is 241 g/mol. The molecule has 86 valence electrons. The molecule has 1 amide bonds. The van der Waals surface area contributed by atoms with Crippen molar-refractivity contribution in [3.63, 3.8) is 0 Å². The Hall–Kier alpha value is -1.55. The van der Waals surface area contributed by atoms with E-state index < -0.39 is 0 Å². The van der Waals surface area contributed by atoms with Gasteiger partial charge < -0.3 is 9.64 Å². The Bertz CT molecular complexity index is 416. The molecule has 0 atom stereocenters. The second-order valence-electron chi connectivity index (χ2n) is 3.33. The van der Waals surface area contributed by atoms with Crippen molar-refractivity contribution in [3.8, 4) is 5.88 Å². The van der Waals surface area contributed by atoms with Crippen LogP contribution >= 0.6 is 11.6 Å². The molecule has 0 aliphatic rings. The van der Waals surface area contributed by atoms with Crippen LogP contribution in [0.15, 0.2) is 18.2 Å². The van der Waals surface area contributed by atoms with Crippen LogP contribution in [-0.2, 0) is 4.79 Å². The molecule has 4 nitrogen and oxygen atoms in total. The van der Waals surface area contributed by atoms with Gasteiger partial charge in [-0.2, -0.15) is 0 Å². The number of likely N-dealkylation sites (N-methyl/N-ethyl adjacent to an activating group) is 1. The Balaban J connectivity index is 2.89. The number of carbonyl (C=O) groups excluding carboxylic acids is 1. The first-order valence-electron chi connectivity index (χ1n) is 4.64. The highest BCUT2D eigenvalue weighted by Crippen LogP contribution is 2.16. The zero-order valence-electron chi connectivity index (χ0n) is 9.40. The molecule has 0 unspecified atom stereocenters. The van der Waals surface area contributed by atoms with Crippen LogP contribution in [0.25, 0.3) is 6.08 Å². The third kappa shape index (κ3) is 3.55. The van der Waals surface area contributed by atoms with Crippen molar-refractivity contribution in [2.24, 2.45) is 0 Å². The number of hydrogen-bond acceptors (Lipinski definition) is 3. The minimum absolute atomic E-state index is 0.0908. The van der Waals surface area contributed by atoms with E-state index >= 15 is 0 Å². The van der Waals surface area contributed by atoms with E-state index in [1.165, 1.54) is 18.1 Å².